The Balaban J connectivity index is 1.51. The van der Waals surface area contributed by atoms with Gasteiger partial charge in [-0.05, 0) is 75.7 Å². The molecule has 0 aromatic carbocycles. The van der Waals surface area contributed by atoms with Gasteiger partial charge < -0.3 is 5.32 Å². The third kappa shape index (κ3) is 2.83. The molecule has 0 heterocycles. The molecule has 4 nitrogen and oxygen atoms in total. The second-order valence-corrected chi connectivity index (χ2v) is 8.86. The Hall–Kier alpha value is -0.130. The van der Waals surface area contributed by atoms with Crippen LogP contribution in [0.3, 0.4) is 0 Å². The van der Waals surface area contributed by atoms with E-state index in [1.807, 2.05) is 0 Å². The van der Waals surface area contributed by atoms with Crippen molar-refractivity contribution < 1.29 is 13.0 Å². The summed E-state index contributed by atoms with van der Waals surface area (Å²) in [6.07, 6.45) is 7.45. The van der Waals surface area contributed by atoms with Gasteiger partial charge in [0, 0.05) is 6.04 Å². The highest BCUT2D eigenvalue weighted by Crippen LogP contribution is 2.53. The largest absolute Gasteiger partial charge is 0.313 e. The van der Waals surface area contributed by atoms with Crippen LogP contribution in [0.2, 0.25) is 0 Å². The molecule has 0 aliphatic heterocycles. The van der Waals surface area contributed by atoms with Crippen molar-refractivity contribution >= 4 is 10.1 Å². The first-order valence-corrected chi connectivity index (χ1v) is 9.13. The summed E-state index contributed by atoms with van der Waals surface area (Å²) in [5, 5.41) is 2.94. The molecule has 0 spiro atoms. The van der Waals surface area contributed by atoms with E-state index in [1.54, 1.807) is 6.92 Å². The van der Waals surface area contributed by atoms with Crippen molar-refractivity contribution in [3.05, 3.63) is 0 Å². The van der Waals surface area contributed by atoms with Crippen LogP contribution in [-0.2, 0) is 10.1 Å². The number of hydrogen-bond donors (Lipinski definition) is 2. The van der Waals surface area contributed by atoms with Gasteiger partial charge in [0.2, 0.25) is 0 Å². The second kappa shape index (κ2) is 5.01. The van der Waals surface area contributed by atoms with Crippen molar-refractivity contribution in [1.82, 2.24) is 5.32 Å². The van der Waals surface area contributed by atoms with Crippen molar-refractivity contribution in [1.29, 1.82) is 0 Å². The molecule has 19 heavy (non-hydrogen) atoms. The topological polar surface area (TPSA) is 66.4 Å². The fourth-order valence-corrected chi connectivity index (χ4v) is 5.28. The maximum absolute atomic E-state index is 11.0. The average Bonchev–Trinajstić information content (AvgIpc) is 2.30. The molecule has 1 unspecified atom stereocenters. The van der Waals surface area contributed by atoms with Crippen molar-refractivity contribution in [2.45, 2.75) is 56.7 Å². The van der Waals surface area contributed by atoms with E-state index < -0.39 is 15.4 Å². The lowest BCUT2D eigenvalue weighted by atomic mass is 9.54. The molecular formula is C14H25NO3S. The second-order valence-electron chi connectivity index (χ2n) is 7.02. The summed E-state index contributed by atoms with van der Waals surface area (Å²) in [4.78, 5) is 0. The predicted molar refractivity (Wildman–Crippen MR) is 74.5 cm³/mol. The van der Waals surface area contributed by atoms with Crippen LogP contribution in [0.15, 0.2) is 0 Å². The van der Waals surface area contributed by atoms with Gasteiger partial charge in [-0.3, -0.25) is 4.55 Å². The molecule has 5 heteroatoms. The van der Waals surface area contributed by atoms with Gasteiger partial charge in [-0.25, -0.2) is 0 Å². The van der Waals surface area contributed by atoms with Crippen LogP contribution < -0.4 is 5.32 Å². The molecule has 4 saturated carbocycles. The Labute approximate surface area is 116 Å². The fraction of sp³-hybridized carbons (Fsp3) is 1.00. The van der Waals surface area contributed by atoms with Gasteiger partial charge >= 0.3 is 0 Å². The van der Waals surface area contributed by atoms with Gasteiger partial charge in [-0.2, -0.15) is 8.42 Å². The molecule has 110 valence electrons. The van der Waals surface area contributed by atoms with Gasteiger partial charge in [-0.1, -0.05) is 0 Å². The number of hydrogen-bond acceptors (Lipinski definition) is 3. The third-order valence-electron chi connectivity index (χ3n) is 5.67. The SMILES string of the molecule is CC(CCNC1C2C[C@H]3C[C@@H](C2)C[C@@H]1C3)S(=O)(=O)O. The highest BCUT2D eigenvalue weighted by molar-refractivity contribution is 7.86. The summed E-state index contributed by atoms with van der Waals surface area (Å²) >= 11 is 0. The van der Waals surface area contributed by atoms with Crippen LogP contribution in [0.4, 0.5) is 0 Å². The minimum Gasteiger partial charge on any atom is -0.313 e. The van der Waals surface area contributed by atoms with Crippen molar-refractivity contribution in [2.75, 3.05) is 6.54 Å². The van der Waals surface area contributed by atoms with E-state index >= 15 is 0 Å². The first kappa shape index (κ1) is 13.8. The normalized spacial score (nSPS) is 42.5. The number of rotatable bonds is 5. The van der Waals surface area contributed by atoms with Gasteiger partial charge in [0.15, 0.2) is 0 Å². The molecular weight excluding hydrogens is 262 g/mol. The molecule has 0 aromatic rings. The van der Waals surface area contributed by atoms with E-state index in [1.165, 1.54) is 32.1 Å². The number of nitrogens with one attached hydrogen (secondary N) is 1. The molecule has 2 N–H and O–H groups in total. The molecule has 0 radical (unpaired) electrons. The first-order valence-electron chi connectivity index (χ1n) is 7.63. The Morgan fingerprint density at radius 3 is 2.11 bits per heavy atom. The molecule has 0 saturated heterocycles. The lowest BCUT2D eigenvalue weighted by Crippen LogP contribution is -2.54. The molecule has 0 aromatic heterocycles. The van der Waals surface area contributed by atoms with E-state index in [0.717, 1.165) is 23.7 Å². The molecule has 4 aliphatic carbocycles. The smallest absolute Gasteiger partial charge is 0.267 e. The van der Waals surface area contributed by atoms with Gasteiger partial charge in [0.05, 0.1) is 5.25 Å². The summed E-state index contributed by atoms with van der Waals surface area (Å²) in [6.45, 7) is 2.28. The monoisotopic (exact) mass is 287 g/mol. The van der Waals surface area contributed by atoms with Crippen LogP contribution in [-0.4, -0.2) is 30.8 Å². The first-order chi connectivity index (χ1) is 8.93. The van der Waals surface area contributed by atoms with E-state index in [4.69, 9.17) is 4.55 Å². The third-order valence-corrected chi connectivity index (χ3v) is 6.92. The van der Waals surface area contributed by atoms with Crippen LogP contribution in [0.1, 0.15) is 45.4 Å². The van der Waals surface area contributed by atoms with Crippen molar-refractivity contribution in [3.8, 4) is 0 Å². The van der Waals surface area contributed by atoms with Gasteiger partial charge in [-0.15, -0.1) is 0 Å². The van der Waals surface area contributed by atoms with E-state index in [9.17, 15) is 8.42 Å². The van der Waals surface area contributed by atoms with Crippen LogP contribution in [0.25, 0.3) is 0 Å². The van der Waals surface area contributed by atoms with Gasteiger partial charge in [0.25, 0.3) is 10.1 Å². The minimum absolute atomic E-state index is 0.502. The van der Waals surface area contributed by atoms with E-state index in [0.29, 0.717) is 19.0 Å². The van der Waals surface area contributed by atoms with Crippen molar-refractivity contribution in [3.63, 3.8) is 0 Å². The zero-order chi connectivity index (χ0) is 13.6. The maximum Gasteiger partial charge on any atom is 0.267 e. The predicted octanol–water partition coefficient (Wildman–Crippen LogP) is 2.07. The Morgan fingerprint density at radius 1 is 1.11 bits per heavy atom. The summed E-state index contributed by atoms with van der Waals surface area (Å²) in [7, 11) is -3.87. The summed E-state index contributed by atoms with van der Waals surface area (Å²) in [5.41, 5.74) is 0. The minimum atomic E-state index is -3.87. The quantitative estimate of drug-likeness (QED) is 0.760. The lowest BCUT2D eigenvalue weighted by Gasteiger charge is -2.54. The van der Waals surface area contributed by atoms with Crippen LogP contribution >= 0.6 is 0 Å². The zero-order valence-electron chi connectivity index (χ0n) is 11.6. The highest BCUT2D eigenvalue weighted by atomic mass is 32.2. The highest BCUT2D eigenvalue weighted by Gasteiger charge is 2.47. The van der Waals surface area contributed by atoms with Gasteiger partial charge in [0.1, 0.15) is 0 Å². The molecule has 4 aliphatic rings. The van der Waals surface area contributed by atoms with E-state index in [-0.39, 0.29) is 0 Å². The summed E-state index contributed by atoms with van der Waals surface area (Å²) < 4.78 is 30.9. The Morgan fingerprint density at radius 2 is 1.63 bits per heavy atom. The molecule has 4 rings (SSSR count). The summed E-state index contributed by atoms with van der Waals surface area (Å²) in [6, 6.07) is 0.599. The average molecular weight is 287 g/mol. The maximum atomic E-state index is 11.0. The fourth-order valence-electron chi connectivity index (χ4n) is 4.86. The Bertz CT molecular complexity index is 406. The van der Waals surface area contributed by atoms with Crippen molar-refractivity contribution in [2.24, 2.45) is 23.7 Å². The van der Waals surface area contributed by atoms with Crippen LogP contribution in [0, 0.1) is 23.7 Å². The standard InChI is InChI=1S/C14H25NO3S/c1-9(19(16,17)18)2-3-15-14-12-5-10-4-11(7-12)8-13(14)6-10/h9-15H,2-8H2,1H3,(H,16,17,18)/t9?,10-,11+,12-,13?,14?. The summed E-state index contributed by atoms with van der Waals surface area (Å²) in [5.74, 6) is 3.57. The molecule has 4 bridgehead atoms. The Kier molecular flexibility index (Phi) is 3.65. The molecule has 0 amide bonds. The lowest BCUT2D eigenvalue weighted by molar-refractivity contribution is -0.0135. The molecule has 4 fully saturated rings. The van der Waals surface area contributed by atoms with Crippen LogP contribution in [0.5, 0.6) is 0 Å². The van der Waals surface area contributed by atoms with E-state index in [2.05, 4.69) is 5.32 Å². The zero-order valence-corrected chi connectivity index (χ0v) is 12.4. The molecule has 1 atom stereocenters.